The standard InChI is InChI=1S/C36H46N4O7/c1-8-45-35(44)40-33(37)25-10-12-27(13-11-25)39-34(43)29-17-23(4)9-15-30(29)38-20-26-18-24(21-41)19-31(46-22(2)3)28(26)14-16-32(42)47-36(5,6)7/h9-13,15,17-19,22,38,41H,8,14,16,20-21H2,1-7H3,(H,39,43)(H2,37,40,44). The molecule has 0 aromatic heterocycles. The van der Waals surface area contributed by atoms with Crippen molar-refractivity contribution in [3.05, 3.63) is 88.0 Å². The number of ether oxygens (including phenoxy) is 3. The topological polar surface area (TPSA) is 159 Å². The number of amides is 2. The van der Waals surface area contributed by atoms with E-state index in [1.165, 1.54) is 0 Å². The Kier molecular flexibility index (Phi) is 12.9. The molecule has 0 fully saturated rings. The van der Waals surface area contributed by atoms with Crippen LogP contribution in [0.25, 0.3) is 0 Å². The molecule has 0 spiro atoms. The van der Waals surface area contributed by atoms with E-state index >= 15 is 0 Å². The van der Waals surface area contributed by atoms with Crippen molar-refractivity contribution < 1.29 is 33.7 Å². The molecule has 11 nitrogen and oxygen atoms in total. The van der Waals surface area contributed by atoms with E-state index in [1.807, 2.05) is 59.7 Å². The molecule has 11 heteroatoms. The number of rotatable bonds is 13. The van der Waals surface area contributed by atoms with Gasteiger partial charge >= 0.3 is 12.1 Å². The predicted molar refractivity (Wildman–Crippen MR) is 182 cm³/mol. The number of anilines is 2. The minimum atomic E-state index is -0.712. The number of carbonyl (C=O) groups excluding carboxylic acids is 3. The first-order valence-corrected chi connectivity index (χ1v) is 15.6. The molecule has 3 rings (SSSR count). The van der Waals surface area contributed by atoms with E-state index in [1.54, 1.807) is 43.3 Å². The number of esters is 1. The van der Waals surface area contributed by atoms with Crippen LogP contribution >= 0.6 is 0 Å². The van der Waals surface area contributed by atoms with Crippen LogP contribution in [0.2, 0.25) is 0 Å². The summed E-state index contributed by atoms with van der Waals surface area (Å²) in [6.45, 7) is 13.2. The number of aryl methyl sites for hydroxylation is 1. The Bertz CT molecular complexity index is 1580. The molecule has 0 saturated heterocycles. The number of alkyl carbamates (subject to hydrolysis) is 1. The summed E-state index contributed by atoms with van der Waals surface area (Å²) in [5.41, 5.74) is 4.54. The molecule has 5 N–H and O–H groups in total. The molecule has 0 atom stereocenters. The monoisotopic (exact) mass is 646 g/mol. The summed E-state index contributed by atoms with van der Waals surface area (Å²) >= 11 is 0. The zero-order chi connectivity index (χ0) is 34.7. The highest BCUT2D eigenvalue weighted by molar-refractivity contribution is 6.09. The van der Waals surface area contributed by atoms with Crippen LogP contribution < -0.4 is 20.7 Å². The second-order valence-electron chi connectivity index (χ2n) is 12.3. The number of aliphatic hydroxyl groups is 1. The summed E-state index contributed by atoms with van der Waals surface area (Å²) in [7, 11) is 0. The third kappa shape index (κ3) is 11.4. The number of nitrogens with one attached hydrogen (secondary N) is 4. The number of carbonyl (C=O) groups is 3. The van der Waals surface area contributed by atoms with Crippen LogP contribution in [-0.4, -0.2) is 47.2 Å². The molecule has 0 unspecified atom stereocenters. The maximum absolute atomic E-state index is 13.5. The lowest BCUT2D eigenvalue weighted by atomic mass is 9.98. The van der Waals surface area contributed by atoms with Gasteiger partial charge in [-0.1, -0.05) is 17.7 Å². The first kappa shape index (κ1) is 36.6. The Morgan fingerprint density at radius 3 is 2.32 bits per heavy atom. The summed E-state index contributed by atoms with van der Waals surface area (Å²) < 4.78 is 16.5. The number of benzene rings is 3. The fourth-order valence-corrected chi connectivity index (χ4v) is 4.73. The fourth-order valence-electron chi connectivity index (χ4n) is 4.73. The van der Waals surface area contributed by atoms with Gasteiger partial charge < -0.3 is 30.0 Å². The van der Waals surface area contributed by atoms with E-state index < -0.39 is 11.7 Å². The van der Waals surface area contributed by atoms with Gasteiger partial charge in [-0.3, -0.25) is 20.3 Å². The van der Waals surface area contributed by atoms with Gasteiger partial charge in [-0.15, -0.1) is 0 Å². The van der Waals surface area contributed by atoms with E-state index in [4.69, 9.17) is 19.6 Å². The van der Waals surface area contributed by atoms with Crippen LogP contribution in [0.15, 0.2) is 54.6 Å². The molecule has 3 aromatic rings. The average molecular weight is 647 g/mol. The van der Waals surface area contributed by atoms with Gasteiger partial charge in [0.15, 0.2) is 0 Å². The summed E-state index contributed by atoms with van der Waals surface area (Å²) in [5.74, 6) is -0.204. The number of hydrogen-bond acceptors (Lipinski definition) is 9. The predicted octanol–water partition coefficient (Wildman–Crippen LogP) is 6.48. The number of hydrogen-bond donors (Lipinski definition) is 5. The van der Waals surface area contributed by atoms with Crippen molar-refractivity contribution in [3.8, 4) is 5.75 Å². The highest BCUT2D eigenvalue weighted by Crippen LogP contribution is 2.30. The summed E-state index contributed by atoms with van der Waals surface area (Å²) in [4.78, 5) is 37.7. The minimum absolute atomic E-state index is 0.121. The first-order valence-electron chi connectivity index (χ1n) is 15.6. The third-order valence-corrected chi connectivity index (χ3v) is 6.73. The normalized spacial score (nSPS) is 11.1. The zero-order valence-electron chi connectivity index (χ0n) is 28.2. The Morgan fingerprint density at radius 2 is 1.70 bits per heavy atom. The molecule has 3 aromatic carbocycles. The Morgan fingerprint density at radius 1 is 1.00 bits per heavy atom. The molecule has 47 heavy (non-hydrogen) atoms. The third-order valence-electron chi connectivity index (χ3n) is 6.73. The first-order chi connectivity index (χ1) is 22.2. The van der Waals surface area contributed by atoms with Crippen LogP contribution in [0.4, 0.5) is 16.2 Å². The van der Waals surface area contributed by atoms with Gasteiger partial charge in [-0.05, 0) is 114 Å². The molecule has 252 valence electrons. The van der Waals surface area contributed by atoms with Gasteiger partial charge in [0.05, 0.1) is 24.9 Å². The average Bonchev–Trinajstić information content (AvgIpc) is 2.98. The molecule has 2 amide bonds. The summed E-state index contributed by atoms with van der Waals surface area (Å²) in [6.07, 6.45) is -0.335. The van der Waals surface area contributed by atoms with Crippen LogP contribution in [0, 0.1) is 12.3 Å². The van der Waals surface area contributed by atoms with Gasteiger partial charge in [-0.25, -0.2) is 4.79 Å². The SMILES string of the molecule is CCOC(=O)NC(=N)c1ccc(NC(=O)c2cc(C)ccc2NCc2cc(CO)cc(OC(C)C)c2CCC(=O)OC(C)(C)C)cc1. The van der Waals surface area contributed by atoms with Crippen molar-refractivity contribution >= 4 is 35.2 Å². The lowest BCUT2D eigenvalue weighted by molar-refractivity contribution is -0.154. The summed E-state index contributed by atoms with van der Waals surface area (Å²) in [5, 5.41) is 26.7. The van der Waals surface area contributed by atoms with E-state index in [2.05, 4.69) is 16.0 Å². The van der Waals surface area contributed by atoms with Crippen molar-refractivity contribution in [2.45, 2.75) is 86.2 Å². The lowest BCUT2D eigenvalue weighted by Gasteiger charge is -2.22. The van der Waals surface area contributed by atoms with Crippen molar-refractivity contribution in [1.82, 2.24) is 5.32 Å². The van der Waals surface area contributed by atoms with E-state index in [9.17, 15) is 19.5 Å². The highest BCUT2D eigenvalue weighted by Gasteiger charge is 2.20. The highest BCUT2D eigenvalue weighted by atomic mass is 16.6. The molecule has 0 saturated carbocycles. The largest absolute Gasteiger partial charge is 0.491 e. The molecule has 0 heterocycles. The van der Waals surface area contributed by atoms with Gasteiger partial charge in [0.1, 0.15) is 17.2 Å². The number of aliphatic hydroxyl groups excluding tert-OH is 1. The quantitative estimate of drug-likeness (QED) is 0.0801. The molecule has 0 radical (unpaired) electrons. The van der Waals surface area contributed by atoms with E-state index in [0.717, 1.165) is 16.7 Å². The minimum Gasteiger partial charge on any atom is -0.491 e. The smallest absolute Gasteiger partial charge is 0.412 e. The van der Waals surface area contributed by atoms with E-state index in [0.29, 0.717) is 46.8 Å². The Balaban J connectivity index is 1.84. The van der Waals surface area contributed by atoms with Crippen molar-refractivity contribution in [2.24, 2.45) is 0 Å². The van der Waals surface area contributed by atoms with Gasteiger partial charge in [-0.2, -0.15) is 0 Å². The molecule has 0 aliphatic carbocycles. The van der Waals surface area contributed by atoms with Crippen molar-refractivity contribution in [1.29, 1.82) is 5.41 Å². The van der Waals surface area contributed by atoms with Crippen molar-refractivity contribution in [3.63, 3.8) is 0 Å². The fraction of sp³-hybridized carbons (Fsp3) is 0.389. The van der Waals surface area contributed by atoms with Crippen LogP contribution in [-0.2, 0) is 33.8 Å². The van der Waals surface area contributed by atoms with Crippen molar-refractivity contribution in [2.75, 3.05) is 17.2 Å². The maximum atomic E-state index is 13.5. The molecular formula is C36H46N4O7. The zero-order valence-corrected chi connectivity index (χ0v) is 28.2. The van der Waals surface area contributed by atoms with Crippen LogP contribution in [0.1, 0.15) is 86.1 Å². The second kappa shape index (κ2) is 16.6. The molecular weight excluding hydrogens is 600 g/mol. The lowest BCUT2D eigenvalue weighted by Crippen LogP contribution is -2.31. The molecule has 0 aliphatic heterocycles. The van der Waals surface area contributed by atoms with Crippen LogP contribution in [0.3, 0.4) is 0 Å². The summed E-state index contributed by atoms with van der Waals surface area (Å²) in [6, 6.07) is 15.7. The van der Waals surface area contributed by atoms with E-state index in [-0.39, 0.29) is 43.5 Å². The van der Waals surface area contributed by atoms with Gasteiger partial charge in [0.2, 0.25) is 0 Å². The Labute approximate surface area is 276 Å². The molecule has 0 bridgehead atoms. The molecule has 0 aliphatic rings. The number of amidine groups is 1. The second-order valence-corrected chi connectivity index (χ2v) is 12.3. The maximum Gasteiger partial charge on any atom is 0.412 e. The Hall–Kier alpha value is -4.90. The van der Waals surface area contributed by atoms with Gasteiger partial charge in [0, 0.05) is 29.9 Å². The van der Waals surface area contributed by atoms with Crippen LogP contribution in [0.5, 0.6) is 5.75 Å². The van der Waals surface area contributed by atoms with Gasteiger partial charge in [0.25, 0.3) is 5.91 Å².